The third-order valence-corrected chi connectivity index (χ3v) is 7.98. The number of hydrogen-bond acceptors (Lipinski definition) is 6. The van der Waals surface area contributed by atoms with E-state index in [2.05, 4.69) is 11.8 Å². The number of nitrogens with zero attached hydrogens (tertiary/aromatic N) is 2. The van der Waals surface area contributed by atoms with Crippen molar-refractivity contribution in [1.82, 2.24) is 9.21 Å². The van der Waals surface area contributed by atoms with Crippen LogP contribution >= 0.6 is 11.3 Å². The minimum atomic E-state index is -3.86. The number of thiophene rings is 1. The highest BCUT2D eigenvalue weighted by molar-refractivity contribution is 7.89. The van der Waals surface area contributed by atoms with Crippen LogP contribution in [0.3, 0.4) is 0 Å². The highest BCUT2D eigenvalue weighted by Gasteiger charge is 2.54. The van der Waals surface area contributed by atoms with E-state index in [1.54, 1.807) is 0 Å². The van der Waals surface area contributed by atoms with Gasteiger partial charge in [-0.2, -0.15) is 4.31 Å². The molecule has 2 atom stereocenters. The zero-order valence-electron chi connectivity index (χ0n) is 13.5. The maximum absolute atomic E-state index is 12.9. The van der Waals surface area contributed by atoms with Gasteiger partial charge >= 0.3 is 5.97 Å². The van der Waals surface area contributed by atoms with Crippen molar-refractivity contribution < 1.29 is 23.4 Å². The van der Waals surface area contributed by atoms with E-state index < -0.39 is 21.4 Å². The summed E-state index contributed by atoms with van der Waals surface area (Å²) in [5, 5.41) is 20.6. The van der Waals surface area contributed by atoms with Crippen LogP contribution in [0.5, 0.6) is 0 Å². The van der Waals surface area contributed by atoms with Gasteiger partial charge in [-0.25, -0.2) is 13.2 Å². The summed E-state index contributed by atoms with van der Waals surface area (Å²) in [6.45, 7) is 5.02. The van der Waals surface area contributed by atoms with Gasteiger partial charge in [0.05, 0.1) is 6.61 Å². The van der Waals surface area contributed by atoms with Crippen molar-refractivity contribution >= 4 is 27.3 Å². The lowest BCUT2D eigenvalue weighted by Gasteiger charge is -2.27. The Morgan fingerprint density at radius 2 is 2.17 bits per heavy atom. The van der Waals surface area contributed by atoms with Crippen LogP contribution in [0, 0.1) is 11.3 Å². The standard InChI is InChI=1S/C15H22N2O5S2/c1-2-4-16-6-11-7-17(9-15(11,8-16)10-18)24(21,22)12-3-5-23-13(12)14(19)20/h3,5,11,18H,2,4,6-10H2,1H3,(H,19,20). The molecule has 2 aliphatic heterocycles. The Morgan fingerprint density at radius 3 is 2.75 bits per heavy atom. The van der Waals surface area contributed by atoms with Crippen molar-refractivity contribution in [2.45, 2.75) is 18.2 Å². The summed E-state index contributed by atoms with van der Waals surface area (Å²) >= 11 is 0.913. The number of aliphatic hydroxyl groups is 1. The molecule has 2 unspecified atom stereocenters. The van der Waals surface area contributed by atoms with Gasteiger partial charge in [0.25, 0.3) is 0 Å². The first kappa shape index (κ1) is 17.8. The van der Waals surface area contributed by atoms with Gasteiger partial charge in [-0.15, -0.1) is 11.3 Å². The van der Waals surface area contributed by atoms with Crippen LogP contribution in [0.25, 0.3) is 0 Å². The number of carbonyl (C=O) groups is 1. The average Bonchev–Trinajstić information content (AvgIpc) is 3.19. The van der Waals surface area contributed by atoms with Crippen LogP contribution in [0.4, 0.5) is 0 Å². The number of likely N-dealkylation sites (tertiary alicyclic amines) is 1. The number of aliphatic hydroxyl groups excluding tert-OH is 1. The monoisotopic (exact) mass is 374 g/mol. The van der Waals surface area contributed by atoms with Gasteiger partial charge in [-0.3, -0.25) is 0 Å². The minimum absolute atomic E-state index is 0.0562. The molecule has 134 valence electrons. The molecular weight excluding hydrogens is 352 g/mol. The number of carboxylic acid groups (broad SMARTS) is 1. The third-order valence-electron chi connectivity index (χ3n) is 5.09. The molecule has 0 saturated carbocycles. The number of aromatic carboxylic acids is 1. The lowest BCUT2D eigenvalue weighted by atomic mass is 9.82. The third kappa shape index (κ3) is 2.78. The number of rotatable bonds is 6. The van der Waals surface area contributed by atoms with E-state index in [1.807, 2.05) is 0 Å². The zero-order valence-corrected chi connectivity index (χ0v) is 15.1. The number of sulfonamides is 1. The highest BCUT2D eigenvalue weighted by atomic mass is 32.2. The number of fused-ring (bicyclic) bond motifs is 1. The van der Waals surface area contributed by atoms with E-state index in [4.69, 9.17) is 0 Å². The van der Waals surface area contributed by atoms with E-state index in [0.717, 1.165) is 30.8 Å². The van der Waals surface area contributed by atoms with E-state index >= 15 is 0 Å². The summed E-state index contributed by atoms with van der Waals surface area (Å²) in [5.74, 6) is -1.15. The second kappa shape index (κ2) is 6.38. The molecule has 0 amide bonds. The molecule has 0 bridgehead atoms. The molecule has 1 aromatic heterocycles. The van der Waals surface area contributed by atoms with Crippen molar-refractivity contribution in [1.29, 1.82) is 0 Å². The average molecular weight is 374 g/mol. The Labute approximate surface area is 145 Å². The molecule has 7 nitrogen and oxygen atoms in total. The minimum Gasteiger partial charge on any atom is -0.477 e. The second-order valence-electron chi connectivity index (χ2n) is 6.67. The molecule has 3 heterocycles. The fourth-order valence-corrected chi connectivity index (χ4v) is 6.75. The highest BCUT2D eigenvalue weighted by Crippen LogP contribution is 2.44. The van der Waals surface area contributed by atoms with E-state index in [1.165, 1.54) is 15.8 Å². The van der Waals surface area contributed by atoms with Crippen LogP contribution in [0.15, 0.2) is 16.3 Å². The van der Waals surface area contributed by atoms with Crippen LogP contribution in [0.2, 0.25) is 0 Å². The molecule has 24 heavy (non-hydrogen) atoms. The maximum atomic E-state index is 12.9. The molecule has 1 aromatic rings. The summed E-state index contributed by atoms with van der Waals surface area (Å²) in [5.41, 5.74) is -0.443. The molecule has 9 heteroatoms. The van der Waals surface area contributed by atoms with Gasteiger partial charge < -0.3 is 15.1 Å². The Balaban J connectivity index is 1.85. The van der Waals surface area contributed by atoms with Crippen molar-refractivity contribution in [3.8, 4) is 0 Å². The fourth-order valence-electron chi connectivity index (χ4n) is 3.93. The molecule has 0 aliphatic carbocycles. The Kier molecular flexibility index (Phi) is 4.73. The van der Waals surface area contributed by atoms with E-state index in [9.17, 15) is 23.4 Å². The second-order valence-corrected chi connectivity index (χ2v) is 9.49. The van der Waals surface area contributed by atoms with Gasteiger partial charge in [0, 0.05) is 31.6 Å². The summed E-state index contributed by atoms with van der Waals surface area (Å²) < 4.78 is 27.1. The maximum Gasteiger partial charge on any atom is 0.347 e. The van der Waals surface area contributed by atoms with Crippen molar-refractivity contribution in [2.24, 2.45) is 11.3 Å². The summed E-state index contributed by atoms with van der Waals surface area (Å²) in [6, 6.07) is 1.35. The number of hydrogen-bond donors (Lipinski definition) is 2. The molecule has 0 aromatic carbocycles. The molecular formula is C15H22N2O5S2. The molecule has 2 N–H and O–H groups in total. The molecule has 2 aliphatic rings. The summed E-state index contributed by atoms with van der Waals surface area (Å²) in [4.78, 5) is 13.2. The Morgan fingerprint density at radius 1 is 1.42 bits per heavy atom. The lowest BCUT2D eigenvalue weighted by Crippen LogP contribution is -2.39. The lowest BCUT2D eigenvalue weighted by molar-refractivity contribution is 0.0698. The normalized spacial score (nSPS) is 28.3. The van der Waals surface area contributed by atoms with Crippen molar-refractivity contribution in [3.05, 3.63) is 16.3 Å². The first-order valence-electron chi connectivity index (χ1n) is 7.98. The van der Waals surface area contributed by atoms with Crippen LogP contribution in [-0.2, 0) is 10.0 Å². The molecule has 0 spiro atoms. The number of carboxylic acids is 1. The zero-order chi connectivity index (χ0) is 17.5. The topological polar surface area (TPSA) is 98.2 Å². The van der Waals surface area contributed by atoms with Crippen LogP contribution in [0.1, 0.15) is 23.0 Å². The van der Waals surface area contributed by atoms with Crippen LogP contribution in [-0.4, -0.2) is 73.1 Å². The quantitative estimate of drug-likeness (QED) is 0.763. The first-order chi connectivity index (χ1) is 11.3. The van der Waals surface area contributed by atoms with Crippen molar-refractivity contribution in [3.63, 3.8) is 0 Å². The van der Waals surface area contributed by atoms with E-state index in [-0.39, 0.29) is 28.8 Å². The van der Waals surface area contributed by atoms with E-state index in [0.29, 0.717) is 13.1 Å². The predicted molar refractivity (Wildman–Crippen MR) is 89.8 cm³/mol. The SMILES string of the molecule is CCCN1CC2CN(S(=O)(=O)c3ccsc3C(=O)O)CC2(CO)C1. The van der Waals surface area contributed by atoms with Gasteiger partial charge in [0.2, 0.25) is 10.0 Å². The van der Waals surface area contributed by atoms with Gasteiger partial charge in [0.15, 0.2) is 0 Å². The van der Waals surface area contributed by atoms with Gasteiger partial charge in [-0.05, 0) is 30.3 Å². The predicted octanol–water partition coefficient (Wildman–Crippen LogP) is 0.771. The molecule has 0 radical (unpaired) electrons. The summed E-state index contributed by atoms with van der Waals surface area (Å²) in [7, 11) is -3.86. The molecule has 2 fully saturated rings. The molecule has 3 rings (SSSR count). The van der Waals surface area contributed by atoms with Crippen molar-refractivity contribution in [2.75, 3.05) is 39.3 Å². The Bertz CT molecular complexity index is 732. The first-order valence-corrected chi connectivity index (χ1v) is 10.3. The smallest absolute Gasteiger partial charge is 0.347 e. The summed E-state index contributed by atoms with van der Waals surface area (Å²) in [6.07, 6.45) is 1.02. The fraction of sp³-hybridized carbons (Fsp3) is 0.667. The largest absolute Gasteiger partial charge is 0.477 e. The van der Waals surface area contributed by atoms with Gasteiger partial charge in [-0.1, -0.05) is 6.92 Å². The molecule has 2 saturated heterocycles. The van der Waals surface area contributed by atoms with Crippen LogP contribution < -0.4 is 0 Å². The van der Waals surface area contributed by atoms with Gasteiger partial charge in [0.1, 0.15) is 9.77 Å². The Hall–Kier alpha value is -1.00.